The summed E-state index contributed by atoms with van der Waals surface area (Å²) in [5.41, 5.74) is 3.60. The number of benzene rings is 1. The van der Waals surface area contributed by atoms with Gasteiger partial charge in [-0.05, 0) is 57.2 Å². The number of hydrogen-bond donors (Lipinski definition) is 0. The lowest BCUT2D eigenvalue weighted by molar-refractivity contribution is -0.135. The summed E-state index contributed by atoms with van der Waals surface area (Å²) in [5, 5.41) is 0. The molecule has 1 unspecified atom stereocenters. The number of aromatic nitrogens is 2. The van der Waals surface area contributed by atoms with Gasteiger partial charge in [0.15, 0.2) is 6.61 Å². The van der Waals surface area contributed by atoms with Crippen LogP contribution < -0.4 is 4.74 Å². The highest BCUT2D eigenvalue weighted by Gasteiger charge is 2.44. The van der Waals surface area contributed by atoms with Crippen molar-refractivity contribution in [3.05, 3.63) is 53.1 Å². The van der Waals surface area contributed by atoms with E-state index in [4.69, 9.17) is 9.72 Å². The number of ether oxygens (including phenoxy) is 1. The molecular formula is C21H25N3O2. The van der Waals surface area contributed by atoms with Crippen molar-refractivity contribution in [1.82, 2.24) is 14.9 Å². The van der Waals surface area contributed by atoms with Crippen molar-refractivity contribution in [2.45, 2.75) is 44.9 Å². The molecule has 1 fully saturated rings. The number of aryl methyl sites for hydroxylation is 3. The average Bonchev–Trinajstić information content (AvgIpc) is 2.98. The lowest BCUT2D eigenvalue weighted by atomic mass is 9.77. The Balaban J connectivity index is 1.45. The number of likely N-dealkylation sites (tertiary alicyclic amines) is 1. The van der Waals surface area contributed by atoms with E-state index < -0.39 is 0 Å². The first-order valence-electron chi connectivity index (χ1n) is 9.36. The van der Waals surface area contributed by atoms with Crippen molar-refractivity contribution in [1.29, 1.82) is 0 Å². The SMILES string of the molecule is Cc1ccc(OCC(=O)N2CCCC3(CCc4cnc(C)nc43)C2)cc1. The molecule has 4 rings (SSSR count). The molecule has 2 aliphatic rings. The van der Waals surface area contributed by atoms with Crippen LogP contribution in [-0.2, 0) is 16.6 Å². The topological polar surface area (TPSA) is 55.3 Å². The molecule has 1 amide bonds. The van der Waals surface area contributed by atoms with E-state index in [-0.39, 0.29) is 17.9 Å². The van der Waals surface area contributed by atoms with E-state index in [0.717, 1.165) is 50.3 Å². The normalized spacial score (nSPS) is 21.7. The molecule has 26 heavy (non-hydrogen) atoms. The second-order valence-corrected chi connectivity index (χ2v) is 7.59. The highest BCUT2D eigenvalue weighted by Crippen LogP contribution is 2.43. The van der Waals surface area contributed by atoms with Gasteiger partial charge in [-0.2, -0.15) is 0 Å². The zero-order valence-electron chi connectivity index (χ0n) is 15.5. The molecule has 5 heteroatoms. The van der Waals surface area contributed by atoms with Gasteiger partial charge in [0.2, 0.25) is 0 Å². The zero-order valence-corrected chi connectivity index (χ0v) is 15.5. The molecule has 2 heterocycles. The zero-order chi connectivity index (χ0) is 18.1. The second kappa shape index (κ2) is 6.71. The maximum absolute atomic E-state index is 12.7. The van der Waals surface area contributed by atoms with Crippen molar-refractivity contribution < 1.29 is 9.53 Å². The minimum Gasteiger partial charge on any atom is -0.484 e. The third kappa shape index (κ3) is 3.18. The number of nitrogens with zero attached hydrogens (tertiary/aromatic N) is 3. The molecule has 5 nitrogen and oxygen atoms in total. The van der Waals surface area contributed by atoms with Crippen LogP contribution in [0.2, 0.25) is 0 Å². The minimum atomic E-state index is 0.000796. The van der Waals surface area contributed by atoms with Gasteiger partial charge in [0.05, 0.1) is 5.69 Å². The largest absolute Gasteiger partial charge is 0.484 e. The Kier molecular flexibility index (Phi) is 4.39. The Morgan fingerprint density at radius 3 is 2.85 bits per heavy atom. The van der Waals surface area contributed by atoms with Gasteiger partial charge in [-0.1, -0.05) is 17.7 Å². The maximum Gasteiger partial charge on any atom is 0.260 e. The first kappa shape index (κ1) is 17.0. The molecule has 0 N–H and O–H groups in total. The first-order valence-corrected chi connectivity index (χ1v) is 9.36. The van der Waals surface area contributed by atoms with Crippen molar-refractivity contribution >= 4 is 5.91 Å². The summed E-state index contributed by atoms with van der Waals surface area (Å²) in [6.45, 7) is 5.61. The maximum atomic E-state index is 12.7. The van der Waals surface area contributed by atoms with Crippen molar-refractivity contribution in [2.75, 3.05) is 19.7 Å². The van der Waals surface area contributed by atoms with Gasteiger partial charge in [0, 0.05) is 24.7 Å². The summed E-state index contributed by atoms with van der Waals surface area (Å²) in [4.78, 5) is 23.8. The summed E-state index contributed by atoms with van der Waals surface area (Å²) >= 11 is 0. The fraction of sp³-hybridized carbons (Fsp3) is 0.476. The summed E-state index contributed by atoms with van der Waals surface area (Å²) in [7, 11) is 0. The van der Waals surface area contributed by atoms with Crippen LogP contribution in [0.15, 0.2) is 30.5 Å². The number of rotatable bonds is 3. The van der Waals surface area contributed by atoms with E-state index in [2.05, 4.69) is 4.98 Å². The quantitative estimate of drug-likeness (QED) is 0.853. The molecule has 1 aliphatic carbocycles. The highest BCUT2D eigenvalue weighted by molar-refractivity contribution is 5.78. The third-order valence-corrected chi connectivity index (χ3v) is 5.67. The van der Waals surface area contributed by atoms with Crippen LogP contribution in [0.5, 0.6) is 5.75 Å². The van der Waals surface area contributed by atoms with Crippen LogP contribution in [0.4, 0.5) is 0 Å². The van der Waals surface area contributed by atoms with Gasteiger partial charge in [-0.25, -0.2) is 9.97 Å². The van der Waals surface area contributed by atoms with Gasteiger partial charge >= 0.3 is 0 Å². The molecule has 1 saturated heterocycles. The number of piperidine rings is 1. The van der Waals surface area contributed by atoms with Crippen molar-refractivity contribution in [3.63, 3.8) is 0 Å². The van der Waals surface area contributed by atoms with Gasteiger partial charge in [0.1, 0.15) is 11.6 Å². The summed E-state index contributed by atoms with van der Waals surface area (Å²) < 4.78 is 5.70. The Morgan fingerprint density at radius 1 is 1.23 bits per heavy atom. The van der Waals surface area contributed by atoms with Crippen LogP contribution in [0, 0.1) is 13.8 Å². The molecule has 1 aliphatic heterocycles. The van der Waals surface area contributed by atoms with Crippen LogP contribution in [0.1, 0.15) is 41.9 Å². The Labute approximate surface area is 154 Å². The highest BCUT2D eigenvalue weighted by atomic mass is 16.5. The number of carbonyl (C=O) groups excluding carboxylic acids is 1. The molecule has 0 radical (unpaired) electrons. The van der Waals surface area contributed by atoms with E-state index in [0.29, 0.717) is 0 Å². The Hall–Kier alpha value is -2.43. The first-order chi connectivity index (χ1) is 12.6. The monoisotopic (exact) mass is 351 g/mol. The molecular weight excluding hydrogens is 326 g/mol. The van der Waals surface area contributed by atoms with Crippen molar-refractivity contribution in [3.8, 4) is 5.75 Å². The number of hydrogen-bond acceptors (Lipinski definition) is 4. The smallest absolute Gasteiger partial charge is 0.260 e. The predicted octanol–water partition coefficient (Wildman–Crippen LogP) is 2.98. The second-order valence-electron chi connectivity index (χ2n) is 7.59. The van der Waals surface area contributed by atoms with Crippen LogP contribution in [-0.4, -0.2) is 40.5 Å². The molecule has 1 aromatic carbocycles. The van der Waals surface area contributed by atoms with Crippen LogP contribution in [0.25, 0.3) is 0 Å². The van der Waals surface area contributed by atoms with Gasteiger partial charge < -0.3 is 9.64 Å². The fourth-order valence-electron chi connectivity index (χ4n) is 4.24. The molecule has 2 aromatic rings. The average molecular weight is 351 g/mol. The molecule has 1 atom stereocenters. The van der Waals surface area contributed by atoms with Gasteiger partial charge in [-0.3, -0.25) is 4.79 Å². The van der Waals surface area contributed by atoms with E-state index >= 15 is 0 Å². The third-order valence-electron chi connectivity index (χ3n) is 5.67. The Morgan fingerprint density at radius 2 is 2.04 bits per heavy atom. The lowest BCUT2D eigenvalue weighted by Crippen LogP contribution is -2.49. The lowest BCUT2D eigenvalue weighted by Gasteiger charge is -2.40. The molecule has 1 spiro atoms. The van der Waals surface area contributed by atoms with E-state index in [1.807, 2.05) is 49.2 Å². The molecule has 0 bridgehead atoms. The number of amides is 1. The van der Waals surface area contributed by atoms with E-state index in [1.165, 1.54) is 16.8 Å². The molecule has 0 saturated carbocycles. The Bertz CT molecular complexity index is 815. The number of fused-ring (bicyclic) bond motifs is 2. The van der Waals surface area contributed by atoms with E-state index in [1.54, 1.807) is 0 Å². The number of carbonyl (C=O) groups is 1. The van der Waals surface area contributed by atoms with E-state index in [9.17, 15) is 4.79 Å². The standard InChI is InChI=1S/C21H25N3O2/c1-15-4-6-18(7-5-15)26-13-19(25)24-11-3-9-21(14-24)10-8-17-12-22-16(2)23-20(17)21/h4-7,12H,3,8-11,13-14H2,1-2H3. The van der Waals surface area contributed by atoms with Gasteiger partial charge in [-0.15, -0.1) is 0 Å². The summed E-state index contributed by atoms with van der Waals surface area (Å²) in [6.07, 6.45) is 6.14. The van der Waals surface area contributed by atoms with Crippen molar-refractivity contribution in [2.24, 2.45) is 0 Å². The minimum absolute atomic E-state index is 0.000796. The predicted molar refractivity (Wildman–Crippen MR) is 99.3 cm³/mol. The summed E-state index contributed by atoms with van der Waals surface area (Å²) in [5.74, 6) is 1.62. The molecule has 136 valence electrons. The van der Waals surface area contributed by atoms with Crippen LogP contribution in [0.3, 0.4) is 0 Å². The fourth-order valence-corrected chi connectivity index (χ4v) is 4.24. The van der Waals surface area contributed by atoms with Crippen LogP contribution >= 0.6 is 0 Å². The summed E-state index contributed by atoms with van der Waals surface area (Å²) in [6, 6.07) is 7.81. The molecule has 1 aromatic heterocycles. The van der Waals surface area contributed by atoms with Gasteiger partial charge in [0.25, 0.3) is 5.91 Å².